The maximum absolute atomic E-state index is 5.38. The van der Waals surface area contributed by atoms with Gasteiger partial charge in [0.1, 0.15) is 0 Å². The Labute approximate surface area is 121 Å². The SMILES string of the molecule is CCC(C)N1CCN(C(=S)NC(=S)N(C)C)CC1. The van der Waals surface area contributed by atoms with Gasteiger partial charge in [-0.15, -0.1) is 0 Å². The smallest absolute Gasteiger partial charge is 0.175 e. The molecule has 0 bridgehead atoms. The van der Waals surface area contributed by atoms with E-state index >= 15 is 0 Å². The minimum atomic E-state index is 0.663. The van der Waals surface area contributed by atoms with E-state index in [1.807, 2.05) is 19.0 Å². The van der Waals surface area contributed by atoms with Crippen LogP contribution in [0.2, 0.25) is 0 Å². The number of thiocarbonyl (C=S) groups is 2. The van der Waals surface area contributed by atoms with Crippen LogP contribution >= 0.6 is 24.4 Å². The lowest BCUT2D eigenvalue weighted by atomic mass is 10.2. The summed E-state index contributed by atoms with van der Waals surface area (Å²) in [4.78, 5) is 6.57. The first kappa shape index (κ1) is 15.6. The molecule has 0 amide bonds. The Morgan fingerprint density at radius 1 is 1.22 bits per heavy atom. The van der Waals surface area contributed by atoms with Gasteiger partial charge in [0.25, 0.3) is 0 Å². The van der Waals surface area contributed by atoms with Crippen LogP contribution in [0.15, 0.2) is 0 Å². The fraction of sp³-hybridized carbons (Fsp3) is 0.833. The van der Waals surface area contributed by atoms with Crippen molar-refractivity contribution in [3.05, 3.63) is 0 Å². The largest absolute Gasteiger partial charge is 0.355 e. The Bertz CT molecular complexity index is 298. The van der Waals surface area contributed by atoms with E-state index in [4.69, 9.17) is 24.4 Å². The highest BCUT2D eigenvalue weighted by molar-refractivity contribution is 7.81. The van der Waals surface area contributed by atoms with Crippen LogP contribution in [-0.2, 0) is 0 Å². The molecule has 1 aliphatic heterocycles. The molecule has 1 heterocycles. The molecule has 6 heteroatoms. The van der Waals surface area contributed by atoms with Gasteiger partial charge in [0.15, 0.2) is 10.2 Å². The van der Waals surface area contributed by atoms with Crippen LogP contribution in [0.5, 0.6) is 0 Å². The van der Waals surface area contributed by atoms with Crippen molar-refractivity contribution in [3.63, 3.8) is 0 Å². The standard InChI is InChI=1S/C12H24N4S2/c1-5-10(2)15-6-8-16(9-7-15)12(18)13-11(17)14(3)4/h10H,5-9H2,1-4H3,(H,13,17,18). The average Bonchev–Trinajstić information content (AvgIpc) is 2.37. The molecule has 1 rings (SSSR count). The van der Waals surface area contributed by atoms with Crippen LogP contribution < -0.4 is 5.32 Å². The Morgan fingerprint density at radius 3 is 2.22 bits per heavy atom. The Kier molecular flexibility index (Phi) is 6.25. The van der Waals surface area contributed by atoms with Crippen molar-refractivity contribution in [1.29, 1.82) is 0 Å². The zero-order valence-corrected chi connectivity index (χ0v) is 13.4. The summed E-state index contributed by atoms with van der Waals surface area (Å²) >= 11 is 10.6. The topological polar surface area (TPSA) is 21.8 Å². The van der Waals surface area contributed by atoms with Crippen molar-refractivity contribution in [2.75, 3.05) is 40.3 Å². The number of hydrogen-bond donors (Lipinski definition) is 1. The molecule has 0 aromatic rings. The molecule has 1 aliphatic rings. The maximum Gasteiger partial charge on any atom is 0.175 e. The van der Waals surface area contributed by atoms with Gasteiger partial charge >= 0.3 is 0 Å². The fourth-order valence-corrected chi connectivity index (χ4v) is 2.35. The van der Waals surface area contributed by atoms with Crippen molar-refractivity contribution < 1.29 is 0 Å². The van der Waals surface area contributed by atoms with Gasteiger partial charge in [0, 0.05) is 46.3 Å². The highest BCUT2D eigenvalue weighted by Crippen LogP contribution is 2.08. The molecule has 18 heavy (non-hydrogen) atoms. The van der Waals surface area contributed by atoms with Crippen molar-refractivity contribution in [1.82, 2.24) is 20.0 Å². The molecule has 1 atom stereocenters. The second-order valence-electron chi connectivity index (χ2n) is 4.91. The highest BCUT2D eigenvalue weighted by Gasteiger charge is 2.21. The number of nitrogens with one attached hydrogen (secondary N) is 1. The summed E-state index contributed by atoms with van der Waals surface area (Å²) in [6.45, 7) is 8.63. The van der Waals surface area contributed by atoms with Crippen LogP contribution in [0, 0.1) is 0 Å². The molecule has 104 valence electrons. The van der Waals surface area contributed by atoms with Crippen molar-refractivity contribution in [3.8, 4) is 0 Å². The minimum Gasteiger partial charge on any atom is -0.355 e. The summed E-state index contributed by atoms with van der Waals surface area (Å²) in [6.07, 6.45) is 1.20. The maximum atomic E-state index is 5.38. The van der Waals surface area contributed by atoms with E-state index < -0.39 is 0 Å². The fourth-order valence-electron chi connectivity index (χ4n) is 1.91. The molecule has 0 aliphatic carbocycles. The normalized spacial score (nSPS) is 18.3. The van der Waals surface area contributed by atoms with Crippen LogP contribution in [0.4, 0.5) is 0 Å². The zero-order valence-electron chi connectivity index (χ0n) is 11.8. The molecule has 1 saturated heterocycles. The van der Waals surface area contributed by atoms with Gasteiger partial charge in [-0.1, -0.05) is 6.92 Å². The van der Waals surface area contributed by atoms with E-state index in [1.54, 1.807) is 0 Å². The monoisotopic (exact) mass is 288 g/mol. The zero-order chi connectivity index (χ0) is 13.7. The molecule has 0 saturated carbocycles. The van der Waals surface area contributed by atoms with Gasteiger partial charge < -0.3 is 15.1 Å². The lowest BCUT2D eigenvalue weighted by Crippen LogP contribution is -2.55. The summed E-state index contributed by atoms with van der Waals surface area (Å²) < 4.78 is 0. The molecular weight excluding hydrogens is 264 g/mol. The quantitative estimate of drug-likeness (QED) is 0.764. The summed E-state index contributed by atoms with van der Waals surface area (Å²) in [7, 11) is 3.83. The highest BCUT2D eigenvalue weighted by atomic mass is 32.1. The Balaban J connectivity index is 2.38. The van der Waals surface area contributed by atoms with E-state index in [-0.39, 0.29) is 0 Å². The molecule has 1 fully saturated rings. The van der Waals surface area contributed by atoms with Crippen LogP contribution in [0.25, 0.3) is 0 Å². The lowest BCUT2D eigenvalue weighted by molar-refractivity contribution is 0.137. The van der Waals surface area contributed by atoms with E-state index in [1.165, 1.54) is 6.42 Å². The summed E-state index contributed by atoms with van der Waals surface area (Å²) in [5.74, 6) is 0. The predicted molar refractivity (Wildman–Crippen MR) is 84.9 cm³/mol. The lowest BCUT2D eigenvalue weighted by Gasteiger charge is -2.39. The molecule has 0 spiro atoms. The van der Waals surface area contributed by atoms with E-state index in [0.29, 0.717) is 11.2 Å². The summed E-state index contributed by atoms with van der Waals surface area (Å²) in [5.41, 5.74) is 0. The molecule has 0 radical (unpaired) electrons. The Morgan fingerprint density at radius 2 is 1.78 bits per heavy atom. The van der Waals surface area contributed by atoms with Gasteiger partial charge in [0.05, 0.1) is 0 Å². The van der Waals surface area contributed by atoms with Gasteiger partial charge in [-0.25, -0.2) is 0 Å². The Hall–Kier alpha value is -0.460. The summed E-state index contributed by atoms with van der Waals surface area (Å²) in [6, 6.07) is 0.663. The number of nitrogens with zero attached hydrogens (tertiary/aromatic N) is 3. The second-order valence-corrected chi connectivity index (χ2v) is 5.68. The molecule has 4 nitrogen and oxygen atoms in total. The number of piperazine rings is 1. The number of hydrogen-bond acceptors (Lipinski definition) is 3. The van der Waals surface area contributed by atoms with Crippen molar-refractivity contribution in [2.45, 2.75) is 26.3 Å². The van der Waals surface area contributed by atoms with Gasteiger partial charge in [0.2, 0.25) is 0 Å². The van der Waals surface area contributed by atoms with Crippen molar-refractivity contribution in [2.24, 2.45) is 0 Å². The summed E-state index contributed by atoms with van der Waals surface area (Å²) in [5, 5.41) is 4.52. The third kappa shape index (κ3) is 4.33. The van der Waals surface area contributed by atoms with Gasteiger partial charge in [-0.2, -0.15) is 0 Å². The van der Waals surface area contributed by atoms with E-state index in [2.05, 4.69) is 29.0 Å². The molecule has 1 unspecified atom stereocenters. The predicted octanol–water partition coefficient (Wildman–Crippen LogP) is 1.12. The molecular formula is C12H24N4S2. The first-order valence-electron chi connectivity index (χ1n) is 6.47. The van der Waals surface area contributed by atoms with Gasteiger partial charge in [-0.05, 0) is 37.8 Å². The third-order valence-corrected chi connectivity index (χ3v) is 4.26. The molecule has 0 aromatic carbocycles. The van der Waals surface area contributed by atoms with Crippen LogP contribution in [0.3, 0.4) is 0 Å². The average molecular weight is 288 g/mol. The first-order valence-corrected chi connectivity index (χ1v) is 7.28. The van der Waals surface area contributed by atoms with Crippen LogP contribution in [-0.4, -0.2) is 71.2 Å². The van der Waals surface area contributed by atoms with Crippen molar-refractivity contribution >= 4 is 34.7 Å². The molecule has 1 N–H and O–H groups in total. The van der Waals surface area contributed by atoms with E-state index in [0.717, 1.165) is 31.3 Å². The minimum absolute atomic E-state index is 0.663. The second kappa shape index (κ2) is 7.21. The van der Waals surface area contributed by atoms with Gasteiger partial charge in [-0.3, -0.25) is 4.90 Å². The third-order valence-electron chi connectivity index (χ3n) is 3.44. The number of rotatable bonds is 2. The first-order chi connectivity index (χ1) is 8.45. The van der Waals surface area contributed by atoms with E-state index in [9.17, 15) is 0 Å². The van der Waals surface area contributed by atoms with Crippen LogP contribution in [0.1, 0.15) is 20.3 Å². The molecule has 0 aromatic heterocycles.